The van der Waals surface area contributed by atoms with Crippen LogP contribution in [0.3, 0.4) is 0 Å². The molecule has 7 nitrogen and oxygen atoms in total. The van der Waals surface area contributed by atoms with Crippen LogP contribution in [0.25, 0.3) is 23.0 Å². The molecule has 1 fully saturated rings. The second-order valence-corrected chi connectivity index (χ2v) is 8.42. The van der Waals surface area contributed by atoms with Gasteiger partial charge in [-0.1, -0.05) is 66.7 Å². The zero-order chi connectivity index (χ0) is 23.5. The molecular weight excluding hydrogens is 428 g/mol. The minimum absolute atomic E-state index is 0.110. The molecule has 0 spiro atoms. The predicted molar refractivity (Wildman–Crippen MR) is 133 cm³/mol. The number of hydrogen-bond donors (Lipinski definition) is 1. The van der Waals surface area contributed by atoms with Gasteiger partial charge in [0.1, 0.15) is 18.5 Å². The molecular formula is C27H28N4O3. The van der Waals surface area contributed by atoms with Gasteiger partial charge in [-0.25, -0.2) is 0 Å². The Morgan fingerprint density at radius 1 is 1.12 bits per heavy atom. The molecule has 5 rings (SSSR count). The van der Waals surface area contributed by atoms with E-state index in [0.717, 1.165) is 46.9 Å². The highest BCUT2D eigenvalue weighted by molar-refractivity contribution is 5.67. The van der Waals surface area contributed by atoms with Crippen molar-refractivity contribution in [2.45, 2.75) is 13.0 Å². The van der Waals surface area contributed by atoms with Crippen LogP contribution in [0.4, 0.5) is 5.82 Å². The molecule has 1 N–H and O–H groups in total. The molecule has 1 atom stereocenters. The number of aryl methyl sites for hydroxylation is 1. The fourth-order valence-corrected chi connectivity index (χ4v) is 4.10. The van der Waals surface area contributed by atoms with Crippen molar-refractivity contribution in [3.8, 4) is 17.1 Å². The number of aliphatic hydroxyl groups is 1. The van der Waals surface area contributed by atoms with E-state index in [1.54, 1.807) is 0 Å². The van der Waals surface area contributed by atoms with Gasteiger partial charge in [0.25, 0.3) is 0 Å². The highest BCUT2D eigenvalue weighted by Crippen LogP contribution is 2.27. The van der Waals surface area contributed by atoms with Crippen LogP contribution in [-0.4, -0.2) is 52.6 Å². The number of anilines is 1. The van der Waals surface area contributed by atoms with Crippen molar-refractivity contribution in [2.75, 3.05) is 37.8 Å². The van der Waals surface area contributed by atoms with Crippen molar-refractivity contribution in [1.29, 1.82) is 0 Å². The lowest BCUT2D eigenvalue weighted by Gasteiger charge is -2.29. The molecule has 1 saturated heterocycles. The van der Waals surface area contributed by atoms with Crippen LogP contribution in [-0.2, 0) is 4.74 Å². The second kappa shape index (κ2) is 9.67. The molecule has 0 bridgehead atoms. The number of ether oxygens (including phenoxy) is 2. The summed E-state index contributed by atoms with van der Waals surface area (Å²) in [6.45, 7) is 8.76. The Morgan fingerprint density at radius 2 is 1.91 bits per heavy atom. The molecule has 0 amide bonds. The normalized spacial score (nSPS) is 14.8. The second-order valence-electron chi connectivity index (χ2n) is 8.42. The van der Waals surface area contributed by atoms with Crippen molar-refractivity contribution in [3.05, 3.63) is 83.9 Å². The van der Waals surface area contributed by atoms with Crippen molar-refractivity contribution in [3.63, 3.8) is 0 Å². The van der Waals surface area contributed by atoms with Crippen LogP contribution < -0.4 is 9.64 Å². The van der Waals surface area contributed by atoms with Gasteiger partial charge in [-0.3, -0.25) is 0 Å². The fourth-order valence-electron chi connectivity index (χ4n) is 4.10. The third-order valence-electron chi connectivity index (χ3n) is 5.98. The number of fused-ring (bicyclic) bond motifs is 1. The highest BCUT2D eigenvalue weighted by atomic mass is 16.5. The van der Waals surface area contributed by atoms with Gasteiger partial charge < -0.3 is 19.5 Å². The highest BCUT2D eigenvalue weighted by Gasteiger charge is 2.19. The molecule has 3 heterocycles. The summed E-state index contributed by atoms with van der Waals surface area (Å²) in [4.78, 5) is 6.91. The standard InChI is InChI=1S/C27H28N4O3/c1-3-20-7-9-21(10-8-20)23-16-25-28-26(34-18-24(32)22-6-4-5-19(2)15-22)17-27(31(25)29-23)30-11-13-33-14-12-30/h3-10,15-17,24,32H,1,11-14,18H2,2H3. The molecule has 1 aliphatic heterocycles. The van der Waals surface area contributed by atoms with Crippen molar-refractivity contribution >= 4 is 17.5 Å². The third-order valence-corrected chi connectivity index (χ3v) is 5.98. The summed E-state index contributed by atoms with van der Waals surface area (Å²) in [6.07, 6.45) is 1.08. The molecule has 0 radical (unpaired) electrons. The molecule has 2 aromatic carbocycles. The molecule has 4 aromatic rings. The van der Waals surface area contributed by atoms with Crippen LogP contribution in [0.15, 0.2) is 67.2 Å². The van der Waals surface area contributed by atoms with Gasteiger partial charge in [-0.05, 0) is 18.1 Å². The monoisotopic (exact) mass is 456 g/mol. The lowest BCUT2D eigenvalue weighted by molar-refractivity contribution is 0.105. The quantitative estimate of drug-likeness (QED) is 0.447. The van der Waals surface area contributed by atoms with Crippen LogP contribution in [0, 0.1) is 6.92 Å². The zero-order valence-corrected chi connectivity index (χ0v) is 19.2. The Hall–Kier alpha value is -3.68. The number of aromatic nitrogens is 3. The first kappa shape index (κ1) is 22.1. The maximum atomic E-state index is 10.6. The van der Waals surface area contributed by atoms with Gasteiger partial charge in [0.2, 0.25) is 5.88 Å². The van der Waals surface area contributed by atoms with Gasteiger partial charge in [0.15, 0.2) is 5.65 Å². The maximum Gasteiger partial charge on any atom is 0.219 e. The molecule has 34 heavy (non-hydrogen) atoms. The Labute approximate surface area is 198 Å². The Kier molecular flexibility index (Phi) is 6.29. The van der Waals surface area contributed by atoms with Crippen LogP contribution in [0.5, 0.6) is 5.88 Å². The summed E-state index contributed by atoms with van der Waals surface area (Å²) in [5.74, 6) is 1.34. The van der Waals surface area contributed by atoms with Crippen molar-refractivity contribution in [1.82, 2.24) is 14.6 Å². The van der Waals surface area contributed by atoms with Gasteiger partial charge in [0.05, 0.1) is 18.9 Å². The van der Waals surface area contributed by atoms with Gasteiger partial charge >= 0.3 is 0 Å². The van der Waals surface area contributed by atoms with Gasteiger partial charge in [0, 0.05) is 30.8 Å². The van der Waals surface area contributed by atoms with E-state index in [1.165, 1.54) is 0 Å². The smallest absolute Gasteiger partial charge is 0.219 e. The van der Waals surface area contributed by atoms with Crippen molar-refractivity contribution < 1.29 is 14.6 Å². The van der Waals surface area contributed by atoms with E-state index < -0.39 is 6.10 Å². The van der Waals surface area contributed by atoms with E-state index in [2.05, 4.69) is 16.5 Å². The summed E-state index contributed by atoms with van der Waals surface area (Å²) in [5.41, 5.74) is 5.49. The molecule has 7 heteroatoms. The number of rotatable bonds is 7. The number of aliphatic hydroxyl groups excluding tert-OH is 1. The number of benzene rings is 2. The van der Waals surface area contributed by atoms with Gasteiger partial charge in [-0.2, -0.15) is 14.6 Å². The Balaban J connectivity index is 1.47. The molecule has 1 aliphatic rings. The number of morpholine rings is 1. The van der Waals surface area contributed by atoms with E-state index in [1.807, 2.05) is 78.2 Å². The third kappa shape index (κ3) is 4.66. The number of hydrogen-bond acceptors (Lipinski definition) is 6. The van der Waals surface area contributed by atoms with E-state index in [0.29, 0.717) is 24.7 Å². The first-order chi connectivity index (χ1) is 16.6. The summed E-state index contributed by atoms with van der Waals surface area (Å²) in [7, 11) is 0. The lowest BCUT2D eigenvalue weighted by Crippen LogP contribution is -2.37. The minimum Gasteiger partial charge on any atom is -0.474 e. The first-order valence-electron chi connectivity index (χ1n) is 11.4. The SMILES string of the molecule is C=Cc1ccc(-c2cc3nc(OCC(O)c4cccc(C)c4)cc(N4CCOCC4)n3n2)cc1. The Morgan fingerprint density at radius 3 is 2.65 bits per heavy atom. The average Bonchev–Trinajstić information content (AvgIpc) is 3.31. The molecule has 174 valence electrons. The lowest BCUT2D eigenvalue weighted by atomic mass is 10.1. The van der Waals surface area contributed by atoms with Crippen LogP contribution in [0.1, 0.15) is 22.8 Å². The topological polar surface area (TPSA) is 72.1 Å². The van der Waals surface area contributed by atoms with Crippen LogP contribution in [0.2, 0.25) is 0 Å². The molecule has 0 aliphatic carbocycles. The number of nitrogens with zero attached hydrogens (tertiary/aromatic N) is 4. The average molecular weight is 457 g/mol. The summed E-state index contributed by atoms with van der Waals surface area (Å²) >= 11 is 0. The van der Waals surface area contributed by atoms with Gasteiger partial charge in [-0.15, -0.1) is 0 Å². The van der Waals surface area contributed by atoms with E-state index >= 15 is 0 Å². The fraction of sp³-hybridized carbons (Fsp3) is 0.259. The summed E-state index contributed by atoms with van der Waals surface area (Å²) in [5, 5.41) is 15.5. The zero-order valence-electron chi connectivity index (χ0n) is 19.2. The van der Waals surface area contributed by atoms with E-state index in [9.17, 15) is 5.11 Å². The first-order valence-corrected chi connectivity index (χ1v) is 11.4. The molecule has 1 unspecified atom stereocenters. The molecule has 0 saturated carbocycles. The molecule has 2 aromatic heterocycles. The summed E-state index contributed by atoms with van der Waals surface area (Å²) in [6, 6.07) is 19.7. The van der Waals surface area contributed by atoms with E-state index in [4.69, 9.17) is 14.6 Å². The Bertz CT molecular complexity index is 1290. The van der Waals surface area contributed by atoms with Crippen LogP contribution >= 0.6 is 0 Å². The largest absolute Gasteiger partial charge is 0.474 e. The van der Waals surface area contributed by atoms with E-state index in [-0.39, 0.29) is 6.61 Å². The predicted octanol–water partition coefficient (Wildman–Crippen LogP) is 4.30. The minimum atomic E-state index is -0.742. The summed E-state index contributed by atoms with van der Waals surface area (Å²) < 4.78 is 13.4. The van der Waals surface area contributed by atoms with Crippen molar-refractivity contribution in [2.24, 2.45) is 0 Å². The maximum absolute atomic E-state index is 10.6.